The number of nitrogens with zero attached hydrogens (tertiary/aromatic N) is 1. The molecule has 2 N–H and O–H groups in total. The first kappa shape index (κ1) is 19.4. The minimum atomic E-state index is -0.620. The lowest BCUT2D eigenvalue weighted by Crippen LogP contribution is -2.44. The number of amides is 2. The number of fused-ring (bicyclic) bond motifs is 1. The van der Waals surface area contributed by atoms with Crippen LogP contribution in [0.2, 0.25) is 0 Å². The van der Waals surface area contributed by atoms with E-state index < -0.39 is 11.8 Å². The van der Waals surface area contributed by atoms with Gasteiger partial charge in [-0.1, -0.05) is 42.5 Å². The van der Waals surface area contributed by atoms with Crippen molar-refractivity contribution in [2.24, 2.45) is 5.92 Å². The lowest BCUT2D eigenvalue weighted by molar-refractivity contribution is -0.144. The molecule has 2 amide bonds. The Kier molecular flexibility index (Phi) is 5.76. The van der Waals surface area contributed by atoms with Gasteiger partial charge in [-0.2, -0.15) is 0 Å². The zero-order valence-corrected chi connectivity index (χ0v) is 16.8. The molecule has 2 aliphatic heterocycles. The molecule has 1 fully saturated rings. The van der Waals surface area contributed by atoms with Gasteiger partial charge in [-0.3, -0.25) is 9.59 Å². The molecule has 1 saturated heterocycles. The molecule has 29 heavy (non-hydrogen) atoms. The molecule has 0 saturated carbocycles. The number of piperidine rings is 1. The molecule has 150 valence electrons. The van der Waals surface area contributed by atoms with Gasteiger partial charge in [-0.15, -0.1) is 0 Å². The summed E-state index contributed by atoms with van der Waals surface area (Å²) in [5.41, 5.74) is 2.60. The number of hydrogen-bond donors (Lipinski definition) is 2. The highest BCUT2D eigenvalue weighted by molar-refractivity contribution is 7.80. The molecule has 0 spiro atoms. The molecule has 2 heterocycles. The van der Waals surface area contributed by atoms with E-state index in [9.17, 15) is 9.59 Å². The molecule has 0 aliphatic carbocycles. The largest absolute Gasteiger partial charge is 0.484 e. The molecule has 0 unspecified atom stereocenters. The number of hydrogen-bond acceptors (Lipinski definition) is 4. The number of benzene rings is 2. The van der Waals surface area contributed by atoms with Crippen molar-refractivity contribution >= 4 is 40.4 Å². The van der Waals surface area contributed by atoms with E-state index in [0.29, 0.717) is 42.0 Å². The van der Waals surface area contributed by atoms with Crippen LogP contribution in [0.5, 0.6) is 5.75 Å². The smallest absolute Gasteiger partial charge is 0.313 e. The first-order chi connectivity index (χ1) is 14.1. The number of likely N-dealkylation sites (tertiary alicyclic amines) is 1. The molecule has 7 heteroatoms. The summed E-state index contributed by atoms with van der Waals surface area (Å²) in [7, 11) is 0. The van der Waals surface area contributed by atoms with Crippen LogP contribution in [-0.4, -0.2) is 41.4 Å². The third-order valence-electron chi connectivity index (χ3n) is 5.34. The Morgan fingerprint density at radius 3 is 2.66 bits per heavy atom. The SMILES string of the molecule is O=C(Nc1ccc2c(c1)OCC(=S)N2)C(=O)N1CCC(Cc2ccccc2)CC1. The third-order valence-corrected chi connectivity index (χ3v) is 5.56. The van der Waals surface area contributed by atoms with Gasteiger partial charge in [0.1, 0.15) is 17.3 Å². The van der Waals surface area contributed by atoms with Crippen LogP contribution in [0.4, 0.5) is 11.4 Å². The standard InChI is InChI=1S/C22H23N3O3S/c26-21(23-17-6-7-18-19(13-17)28-14-20(29)24-18)22(27)25-10-8-16(9-11-25)12-15-4-2-1-3-5-15/h1-7,13,16H,8-12,14H2,(H,23,26)(H,24,29). The number of ether oxygens (including phenoxy) is 1. The van der Waals surface area contributed by atoms with Crippen molar-refractivity contribution in [1.82, 2.24) is 4.90 Å². The number of anilines is 2. The molecule has 0 radical (unpaired) electrons. The lowest BCUT2D eigenvalue weighted by Gasteiger charge is -2.31. The van der Waals surface area contributed by atoms with Gasteiger partial charge in [-0.25, -0.2) is 0 Å². The Hall–Kier alpha value is -2.93. The van der Waals surface area contributed by atoms with Crippen LogP contribution >= 0.6 is 12.2 Å². The minimum absolute atomic E-state index is 0.302. The summed E-state index contributed by atoms with van der Waals surface area (Å²) >= 11 is 5.08. The van der Waals surface area contributed by atoms with E-state index in [1.807, 2.05) is 18.2 Å². The fraction of sp³-hybridized carbons (Fsp3) is 0.318. The van der Waals surface area contributed by atoms with Gasteiger partial charge in [0.2, 0.25) is 0 Å². The van der Waals surface area contributed by atoms with Gasteiger partial charge >= 0.3 is 11.8 Å². The number of thiocarbonyl (C=S) groups is 1. The Morgan fingerprint density at radius 2 is 1.90 bits per heavy atom. The van der Waals surface area contributed by atoms with Crippen molar-refractivity contribution in [2.45, 2.75) is 19.3 Å². The summed E-state index contributed by atoms with van der Waals surface area (Å²) < 4.78 is 5.55. The van der Waals surface area contributed by atoms with Gasteiger partial charge in [0.15, 0.2) is 0 Å². The monoisotopic (exact) mass is 409 g/mol. The van der Waals surface area contributed by atoms with Gasteiger partial charge in [0.25, 0.3) is 0 Å². The predicted molar refractivity (Wildman–Crippen MR) is 116 cm³/mol. The second-order valence-electron chi connectivity index (χ2n) is 7.43. The molecule has 2 aromatic carbocycles. The number of rotatable bonds is 3. The predicted octanol–water partition coefficient (Wildman–Crippen LogP) is 3.24. The van der Waals surface area contributed by atoms with Gasteiger partial charge in [-0.05, 0) is 42.9 Å². The van der Waals surface area contributed by atoms with E-state index in [0.717, 1.165) is 24.9 Å². The Balaban J connectivity index is 1.30. The first-order valence-electron chi connectivity index (χ1n) is 9.79. The summed E-state index contributed by atoms with van der Waals surface area (Å²) in [5.74, 6) is 0.0401. The first-order valence-corrected chi connectivity index (χ1v) is 10.2. The maximum absolute atomic E-state index is 12.6. The Morgan fingerprint density at radius 1 is 1.14 bits per heavy atom. The molecule has 0 atom stereocenters. The number of nitrogens with one attached hydrogen (secondary N) is 2. The van der Waals surface area contributed by atoms with Crippen molar-refractivity contribution in [3.63, 3.8) is 0 Å². The zero-order valence-electron chi connectivity index (χ0n) is 16.0. The topological polar surface area (TPSA) is 70.7 Å². The van der Waals surface area contributed by atoms with Crippen LogP contribution in [-0.2, 0) is 16.0 Å². The maximum Gasteiger partial charge on any atom is 0.313 e. The van der Waals surface area contributed by atoms with Crippen LogP contribution < -0.4 is 15.4 Å². The molecule has 2 aliphatic rings. The molecular formula is C22H23N3O3S. The van der Waals surface area contributed by atoms with E-state index in [1.165, 1.54) is 5.56 Å². The average molecular weight is 410 g/mol. The Bertz CT molecular complexity index is 924. The van der Waals surface area contributed by atoms with E-state index in [-0.39, 0.29) is 0 Å². The summed E-state index contributed by atoms with van der Waals surface area (Å²) in [6.45, 7) is 1.52. The summed E-state index contributed by atoms with van der Waals surface area (Å²) in [6.07, 6.45) is 2.83. The highest BCUT2D eigenvalue weighted by Gasteiger charge is 2.27. The molecule has 0 bridgehead atoms. The molecule has 4 rings (SSSR count). The van der Waals surface area contributed by atoms with Crippen LogP contribution in [0.25, 0.3) is 0 Å². The number of carbonyl (C=O) groups excluding carboxylic acids is 2. The fourth-order valence-corrected chi connectivity index (χ4v) is 3.94. The lowest BCUT2D eigenvalue weighted by atomic mass is 9.90. The molecular weight excluding hydrogens is 386 g/mol. The fourth-order valence-electron chi connectivity index (χ4n) is 3.77. The van der Waals surface area contributed by atoms with Crippen LogP contribution in [0, 0.1) is 5.92 Å². The van der Waals surface area contributed by atoms with E-state index in [2.05, 4.69) is 22.8 Å². The molecule has 2 aromatic rings. The molecule has 0 aromatic heterocycles. The second-order valence-corrected chi connectivity index (χ2v) is 7.92. The van der Waals surface area contributed by atoms with E-state index >= 15 is 0 Å². The summed E-state index contributed by atoms with van der Waals surface area (Å²) in [4.78, 5) is 27.2. The molecule has 6 nitrogen and oxygen atoms in total. The highest BCUT2D eigenvalue weighted by atomic mass is 32.1. The Labute approximate surface area is 175 Å². The van der Waals surface area contributed by atoms with Crippen molar-refractivity contribution in [1.29, 1.82) is 0 Å². The van der Waals surface area contributed by atoms with Crippen LogP contribution in [0.3, 0.4) is 0 Å². The van der Waals surface area contributed by atoms with Crippen molar-refractivity contribution in [2.75, 3.05) is 30.3 Å². The average Bonchev–Trinajstić information content (AvgIpc) is 2.74. The third kappa shape index (κ3) is 4.74. The van der Waals surface area contributed by atoms with Gasteiger partial charge < -0.3 is 20.3 Å². The maximum atomic E-state index is 12.6. The normalized spacial score (nSPS) is 16.4. The zero-order chi connectivity index (χ0) is 20.2. The van der Waals surface area contributed by atoms with Gasteiger partial charge in [0.05, 0.1) is 5.69 Å². The minimum Gasteiger partial charge on any atom is -0.484 e. The van der Waals surface area contributed by atoms with Crippen molar-refractivity contribution in [3.05, 3.63) is 54.1 Å². The van der Waals surface area contributed by atoms with Gasteiger partial charge in [0, 0.05) is 24.8 Å². The summed E-state index contributed by atoms with van der Waals surface area (Å²) in [6, 6.07) is 15.6. The van der Waals surface area contributed by atoms with Crippen molar-refractivity contribution < 1.29 is 14.3 Å². The summed E-state index contributed by atoms with van der Waals surface area (Å²) in [5, 5.41) is 5.74. The highest BCUT2D eigenvalue weighted by Crippen LogP contribution is 2.31. The number of carbonyl (C=O) groups is 2. The van der Waals surface area contributed by atoms with E-state index in [4.69, 9.17) is 17.0 Å². The van der Waals surface area contributed by atoms with E-state index in [1.54, 1.807) is 23.1 Å². The van der Waals surface area contributed by atoms with Crippen molar-refractivity contribution in [3.8, 4) is 5.75 Å². The van der Waals surface area contributed by atoms with Crippen LogP contribution in [0.15, 0.2) is 48.5 Å². The van der Waals surface area contributed by atoms with Crippen LogP contribution in [0.1, 0.15) is 18.4 Å². The quantitative estimate of drug-likeness (QED) is 0.602. The second kappa shape index (κ2) is 8.61.